The van der Waals surface area contributed by atoms with Crippen molar-refractivity contribution in [3.05, 3.63) is 35.9 Å². The van der Waals surface area contributed by atoms with Gasteiger partial charge in [-0.2, -0.15) is 0 Å². The number of nitrogens with zero attached hydrogens (tertiary/aromatic N) is 1. The number of rotatable bonds is 7. The predicted molar refractivity (Wildman–Crippen MR) is 86.3 cm³/mol. The molecule has 0 unspecified atom stereocenters. The number of benzene rings is 1. The van der Waals surface area contributed by atoms with Crippen molar-refractivity contribution in [3.8, 4) is 0 Å². The summed E-state index contributed by atoms with van der Waals surface area (Å²) >= 11 is 0. The van der Waals surface area contributed by atoms with Crippen LogP contribution >= 0.6 is 0 Å². The number of carbonyl (C=O) groups is 3. The number of nitrogens with one attached hydrogen (secondary N) is 1. The number of amides is 3. The van der Waals surface area contributed by atoms with E-state index in [0.717, 1.165) is 19.3 Å². The highest BCUT2D eigenvalue weighted by atomic mass is 16.2. The molecule has 1 heterocycles. The molecule has 0 radical (unpaired) electrons. The number of primary amides is 1. The van der Waals surface area contributed by atoms with Gasteiger partial charge in [-0.15, -0.1) is 0 Å². The standard InChI is InChI=1S/C17H23N3O3/c18-17(23)14-9-5-11-20(14)16(22)12-19-15(21)10-4-8-13-6-2-1-3-7-13/h1-3,6-7,14H,4-5,8-12H2,(H2,18,23)(H,19,21)/t14-/m0/s1. The van der Waals surface area contributed by atoms with Crippen LogP contribution < -0.4 is 11.1 Å². The third-order valence-corrected chi connectivity index (χ3v) is 4.05. The molecule has 1 aromatic carbocycles. The van der Waals surface area contributed by atoms with Crippen molar-refractivity contribution in [1.29, 1.82) is 0 Å². The van der Waals surface area contributed by atoms with Gasteiger partial charge >= 0.3 is 0 Å². The van der Waals surface area contributed by atoms with Crippen LogP contribution in [-0.4, -0.2) is 41.8 Å². The summed E-state index contributed by atoms with van der Waals surface area (Å²) in [6.07, 6.45) is 3.31. The zero-order valence-corrected chi connectivity index (χ0v) is 13.2. The highest BCUT2D eigenvalue weighted by Gasteiger charge is 2.32. The summed E-state index contributed by atoms with van der Waals surface area (Å²) in [7, 11) is 0. The minimum Gasteiger partial charge on any atom is -0.368 e. The Morgan fingerprint density at radius 2 is 1.96 bits per heavy atom. The monoisotopic (exact) mass is 317 g/mol. The molecule has 124 valence electrons. The smallest absolute Gasteiger partial charge is 0.242 e. The van der Waals surface area contributed by atoms with Gasteiger partial charge in [0.05, 0.1) is 6.54 Å². The van der Waals surface area contributed by atoms with Crippen LogP contribution in [0.3, 0.4) is 0 Å². The summed E-state index contributed by atoms with van der Waals surface area (Å²) in [5.41, 5.74) is 6.48. The van der Waals surface area contributed by atoms with Crippen LogP contribution in [0.25, 0.3) is 0 Å². The van der Waals surface area contributed by atoms with E-state index in [-0.39, 0.29) is 18.4 Å². The van der Waals surface area contributed by atoms with Crippen molar-refractivity contribution in [1.82, 2.24) is 10.2 Å². The first kappa shape index (κ1) is 17.0. The van der Waals surface area contributed by atoms with E-state index in [4.69, 9.17) is 5.73 Å². The first-order valence-electron chi connectivity index (χ1n) is 7.97. The number of hydrogen-bond donors (Lipinski definition) is 2. The summed E-state index contributed by atoms with van der Waals surface area (Å²) in [4.78, 5) is 36.6. The molecule has 1 aliphatic heterocycles. The van der Waals surface area contributed by atoms with Gasteiger partial charge in [0.1, 0.15) is 6.04 Å². The number of carbonyl (C=O) groups excluding carboxylic acids is 3. The Hall–Kier alpha value is -2.37. The lowest BCUT2D eigenvalue weighted by atomic mass is 10.1. The molecular formula is C17H23N3O3. The van der Waals surface area contributed by atoms with E-state index < -0.39 is 11.9 Å². The zero-order chi connectivity index (χ0) is 16.7. The van der Waals surface area contributed by atoms with E-state index in [0.29, 0.717) is 19.4 Å². The molecule has 0 saturated carbocycles. The summed E-state index contributed by atoms with van der Waals surface area (Å²) < 4.78 is 0. The second-order valence-corrected chi connectivity index (χ2v) is 5.76. The van der Waals surface area contributed by atoms with Crippen LogP contribution in [0.1, 0.15) is 31.2 Å². The number of likely N-dealkylation sites (tertiary alicyclic amines) is 1. The lowest BCUT2D eigenvalue weighted by Crippen LogP contribution is -2.47. The van der Waals surface area contributed by atoms with Gasteiger partial charge in [0, 0.05) is 13.0 Å². The van der Waals surface area contributed by atoms with E-state index in [2.05, 4.69) is 5.32 Å². The molecule has 23 heavy (non-hydrogen) atoms. The van der Waals surface area contributed by atoms with Crippen molar-refractivity contribution >= 4 is 17.7 Å². The van der Waals surface area contributed by atoms with Crippen LogP contribution in [0, 0.1) is 0 Å². The molecule has 1 atom stereocenters. The third kappa shape index (κ3) is 5.09. The SMILES string of the molecule is NC(=O)[C@@H]1CCCN1C(=O)CNC(=O)CCCc1ccccc1. The van der Waals surface area contributed by atoms with Crippen molar-refractivity contribution in [3.63, 3.8) is 0 Å². The van der Waals surface area contributed by atoms with E-state index in [9.17, 15) is 14.4 Å². The summed E-state index contributed by atoms with van der Waals surface area (Å²) in [6.45, 7) is 0.449. The van der Waals surface area contributed by atoms with E-state index in [1.807, 2.05) is 30.3 Å². The van der Waals surface area contributed by atoms with Crippen LogP contribution in [0.5, 0.6) is 0 Å². The summed E-state index contributed by atoms with van der Waals surface area (Å²) in [5, 5.41) is 2.62. The number of hydrogen-bond acceptors (Lipinski definition) is 3. The molecule has 0 aromatic heterocycles. The number of nitrogens with two attached hydrogens (primary N) is 1. The van der Waals surface area contributed by atoms with E-state index in [1.54, 1.807) is 0 Å². The van der Waals surface area contributed by atoms with Gasteiger partial charge in [0.25, 0.3) is 0 Å². The van der Waals surface area contributed by atoms with Crippen LogP contribution in [0.4, 0.5) is 0 Å². The van der Waals surface area contributed by atoms with Crippen LogP contribution in [0.2, 0.25) is 0 Å². The second kappa shape index (κ2) is 8.31. The Morgan fingerprint density at radius 3 is 2.65 bits per heavy atom. The Labute approximate surface area is 136 Å². The second-order valence-electron chi connectivity index (χ2n) is 5.76. The van der Waals surface area contributed by atoms with Crippen LogP contribution in [0.15, 0.2) is 30.3 Å². The fraction of sp³-hybridized carbons (Fsp3) is 0.471. The first-order chi connectivity index (χ1) is 11.1. The van der Waals surface area contributed by atoms with Crippen molar-refractivity contribution < 1.29 is 14.4 Å². The highest BCUT2D eigenvalue weighted by molar-refractivity contribution is 5.90. The van der Waals surface area contributed by atoms with Gasteiger partial charge in [0.15, 0.2) is 0 Å². The lowest BCUT2D eigenvalue weighted by molar-refractivity contribution is -0.137. The Balaban J connectivity index is 1.67. The molecule has 0 bridgehead atoms. The van der Waals surface area contributed by atoms with Gasteiger partial charge < -0.3 is 16.0 Å². The van der Waals surface area contributed by atoms with E-state index >= 15 is 0 Å². The molecule has 1 aromatic rings. The Bertz CT molecular complexity index is 559. The maximum absolute atomic E-state index is 12.1. The van der Waals surface area contributed by atoms with Crippen LogP contribution in [-0.2, 0) is 20.8 Å². The van der Waals surface area contributed by atoms with E-state index in [1.165, 1.54) is 10.5 Å². The fourth-order valence-electron chi connectivity index (χ4n) is 2.82. The highest BCUT2D eigenvalue weighted by Crippen LogP contribution is 2.16. The molecule has 3 amide bonds. The molecule has 0 aliphatic carbocycles. The minimum absolute atomic E-state index is 0.0754. The normalized spacial score (nSPS) is 17.0. The molecule has 6 nitrogen and oxygen atoms in total. The lowest BCUT2D eigenvalue weighted by Gasteiger charge is -2.22. The fourth-order valence-corrected chi connectivity index (χ4v) is 2.82. The molecule has 6 heteroatoms. The van der Waals surface area contributed by atoms with Gasteiger partial charge in [-0.1, -0.05) is 30.3 Å². The average molecular weight is 317 g/mol. The molecule has 1 aliphatic rings. The molecule has 1 saturated heterocycles. The maximum Gasteiger partial charge on any atom is 0.242 e. The van der Waals surface area contributed by atoms with Gasteiger partial charge in [-0.3, -0.25) is 14.4 Å². The molecule has 1 fully saturated rings. The summed E-state index contributed by atoms with van der Waals surface area (Å²) in [5.74, 6) is -0.878. The van der Waals surface area contributed by atoms with Crippen molar-refractivity contribution in [2.24, 2.45) is 5.73 Å². The molecule has 2 rings (SSSR count). The third-order valence-electron chi connectivity index (χ3n) is 4.05. The molecule has 0 spiro atoms. The number of aryl methyl sites for hydroxylation is 1. The summed E-state index contributed by atoms with van der Waals surface area (Å²) in [6, 6.07) is 9.42. The van der Waals surface area contributed by atoms with Gasteiger partial charge in [0.2, 0.25) is 17.7 Å². The Kier molecular flexibility index (Phi) is 6.14. The Morgan fingerprint density at radius 1 is 1.22 bits per heavy atom. The largest absolute Gasteiger partial charge is 0.368 e. The van der Waals surface area contributed by atoms with Crippen molar-refractivity contribution in [2.75, 3.05) is 13.1 Å². The molecular weight excluding hydrogens is 294 g/mol. The first-order valence-corrected chi connectivity index (χ1v) is 7.97. The zero-order valence-electron chi connectivity index (χ0n) is 13.2. The van der Waals surface area contributed by atoms with Gasteiger partial charge in [-0.05, 0) is 31.2 Å². The van der Waals surface area contributed by atoms with Gasteiger partial charge in [-0.25, -0.2) is 0 Å². The molecule has 3 N–H and O–H groups in total. The quantitative estimate of drug-likeness (QED) is 0.771. The minimum atomic E-state index is -0.530. The average Bonchev–Trinajstić information content (AvgIpc) is 3.03. The van der Waals surface area contributed by atoms with Crippen molar-refractivity contribution in [2.45, 2.75) is 38.1 Å². The maximum atomic E-state index is 12.1. The predicted octanol–water partition coefficient (Wildman–Crippen LogP) is 0.602. The topological polar surface area (TPSA) is 92.5 Å².